The van der Waals surface area contributed by atoms with Crippen molar-refractivity contribution in [2.45, 2.75) is 355 Å². The Kier molecular flexibility index (Phi) is 41.4. The van der Waals surface area contributed by atoms with Crippen molar-refractivity contribution in [2.75, 3.05) is 26.4 Å². The molecule has 0 spiro atoms. The zero-order valence-electron chi connectivity index (χ0n) is 51.5. The number of hydrogen-bond acceptors (Lipinski definition) is 20. The Hall–Kier alpha value is -1.78. The zero-order valence-corrected chi connectivity index (χ0v) is 51.5. The lowest BCUT2D eigenvalue weighted by molar-refractivity contribution is -0.387. The van der Waals surface area contributed by atoms with Gasteiger partial charge in [0.25, 0.3) is 0 Å². The summed E-state index contributed by atoms with van der Waals surface area (Å²) in [4.78, 5) is 26.1. The van der Waals surface area contributed by atoms with Crippen LogP contribution in [0, 0.1) is 0 Å². The Bertz CT molecular complexity index is 1640. The minimum Gasteiger partial charge on any atom is -0.394 e. The highest BCUT2D eigenvalue weighted by Gasteiger charge is 2.55. The van der Waals surface area contributed by atoms with Crippen molar-refractivity contribution in [3.05, 3.63) is 0 Å². The van der Waals surface area contributed by atoms with Gasteiger partial charge in [-0.3, -0.25) is 9.59 Å². The SMILES string of the molecule is CCCCCCCCCCCCCCCCCCCCCCC[C@@H](O)C(=O)N[C@@H](CO[C@H]1O[C@H](CO)[C@H](O)[C@H](O[C@H]2O[C@H](CO)[C@H](O)[C@H](O)[C@H]2NC(C)=O)[C@H]1O[C@H]1O[C@H](CO)[C@@H](O)[C@H](O)[C@H]1O)[C@H](O)[C@H](O)CCCCCCCCCCCCC. The molecule has 3 fully saturated rings. The van der Waals surface area contributed by atoms with Crippen molar-refractivity contribution in [1.29, 1.82) is 0 Å². The van der Waals surface area contributed by atoms with Crippen molar-refractivity contribution in [3.63, 3.8) is 0 Å². The maximum Gasteiger partial charge on any atom is 0.249 e. The van der Waals surface area contributed by atoms with Crippen LogP contribution in [0.3, 0.4) is 0 Å². The smallest absolute Gasteiger partial charge is 0.249 e. The topological polar surface area (TPSA) is 356 Å². The van der Waals surface area contributed by atoms with Crippen LogP contribution in [0.15, 0.2) is 0 Å². The number of unbranched alkanes of at least 4 members (excludes halogenated alkanes) is 30. The van der Waals surface area contributed by atoms with Crippen LogP contribution < -0.4 is 10.6 Å². The third kappa shape index (κ3) is 28.4. The Morgan fingerprint density at radius 2 is 0.810 bits per heavy atom. The first-order valence-electron chi connectivity index (χ1n) is 33.0. The largest absolute Gasteiger partial charge is 0.394 e. The highest BCUT2D eigenvalue weighted by Crippen LogP contribution is 2.34. The molecule has 14 N–H and O–H groups in total. The minimum atomic E-state index is -2.03. The van der Waals surface area contributed by atoms with Crippen LogP contribution in [-0.4, -0.2) is 216 Å². The normalized spacial score (nSPS) is 29.8. The number of amides is 2. The van der Waals surface area contributed by atoms with Gasteiger partial charge in [-0.25, -0.2) is 0 Å². The fourth-order valence-corrected chi connectivity index (χ4v) is 11.6. The first-order chi connectivity index (χ1) is 40.5. The number of ether oxygens (including phenoxy) is 6. The van der Waals surface area contributed by atoms with Crippen LogP contribution in [0.1, 0.15) is 239 Å². The second-order valence-electron chi connectivity index (χ2n) is 24.3. The summed E-state index contributed by atoms with van der Waals surface area (Å²) < 4.78 is 36.0. The van der Waals surface area contributed by atoms with Crippen molar-refractivity contribution < 1.29 is 99.3 Å². The molecule has 3 rings (SSSR count). The highest BCUT2D eigenvalue weighted by molar-refractivity contribution is 5.80. The van der Waals surface area contributed by atoms with Crippen molar-refractivity contribution in [3.8, 4) is 0 Å². The summed E-state index contributed by atoms with van der Waals surface area (Å²) >= 11 is 0. The molecule has 0 aromatic carbocycles. The zero-order chi connectivity index (χ0) is 61.7. The molecule has 0 aliphatic carbocycles. The number of nitrogens with one attached hydrogen (secondary N) is 2. The molecule has 0 bridgehead atoms. The number of aliphatic hydroxyl groups is 12. The van der Waals surface area contributed by atoms with Crippen molar-refractivity contribution >= 4 is 11.8 Å². The Morgan fingerprint density at radius 3 is 1.24 bits per heavy atom. The lowest BCUT2D eigenvalue weighted by Crippen LogP contribution is -2.69. The van der Waals surface area contributed by atoms with Gasteiger partial charge in [0.15, 0.2) is 18.9 Å². The maximum absolute atomic E-state index is 13.8. The average Bonchev–Trinajstić information content (AvgIpc) is 2.00. The molecule has 19 atom stereocenters. The van der Waals surface area contributed by atoms with E-state index in [2.05, 4.69) is 24.5 Å². The van der Waals surface area contributed by atoms with E-state index in [1.165, 1.54) is 135 Å². The van der Waals surface area contributed by atoms with Gasteiger partial charge in [-0.2, -0.15) is 0 Å². The van der Waals surface area contributed by atoms with E-state index in [4.69, 9.17) is 28.4 Å². The van der Waals surface area contributed by atoms with E-state index in [0.29, 0.717) is 12.8 Å². The molecule has 3 aliphatic heterocycles. The average molecular weight is 1210 g/mol. The van der Waals surface area contributed by atoms with Gasteiger partial charge in [0.05, 0.1) is 38.6 Å². The van der Waals surface area contributed by atoms with Crippen LogP contribution in [-0.2, 0) is 38.0 Å². The number of hydrogen-bond donors (Lipinski definition) is 14. The van der Waals surface area contributed by atoms with E-state index in [0.717, 1.165) is 64.7 Å². The molecule has 22 nitrogen and oxygen atoms in total. The lowest BCUT2D eigenvalue weighted by atomic mass is 9.95. The van der Waals surface area contributed by atoms with Crippen LogP contribution in [0.4, 0.5) is 0 Å². The summed E-state index contributed by atoms with van der Waals surface area (Å²) in [6.45, 7) is 2.26. The molecular weight excluding hydrogens is 1090 g/mol. The van der Waals surface area contributed by atoms with Gasteiger partial charge >= 0.3 is 0 Å². The number of carbonyl (C=O) groups excluding carboxylic acids is 2. The Balaban J connectivity index is 1.70. The quantitative estimate of drug-likeness (QED) is 0.0374. The molecule has 0 saturated carbocycles. The predicted molar refractivity (Wildman–Crippen MR) is 315 cm³/mol. The Labute approximate surface area is 502 Å². The number of aliphatic hydroxyl groups excluding tert-OH is 12. The minimum absolute atomic E-state index is 0.122. The molecule has 3 aliphatic rings. The molecule has 0 radical (unpaired) electrons. The van der Waals surface area contributed by atoms with Crippen molar-refractivity contribution in [1.82, 2.24) is 10.6 Å². The van der Waals surface area contributed by atoms with Gasteiger partial charge in [0.1, 0.15) is 85.4 Å². The van der Waals surface area contributed by atoms with Gasteiger partial charge in [-0.05, 0) is 12.8 Å². The number of carbonyl (C=O) groups is 2. The second-order valence-corrected chi connectivity index (χ2v) is 24.3. The Morgan fingerprint density at radius 1 is 0.440 bits per heavy atom. The fraction of sp³-hybridized carbons (Fsp3) is 0.968. The summed E-state index contributed by atoms with van der Waals surface area (Å²) in [5, 5.41) is 136. The first-order valence-corrected chi connectivity index (χ1v) is 33.0. The molecule has 22 heteroatoms. The molecule has 3 heterocycles. The summed E-state index contributed by atoms with van der Waals surface area (Å²) in [6, 6.07) is -3.01. The van der Waals surface area contributed by atoms with E-state index in [9.17, 15) is 70.9 Å². The summed E-state index contributed by atoms with van der Waals surface area (Å²) in [5.74, 6) is -1.56. The number of rotatable bonds is 49. The van der Waals surface area contributed by atoms with Gasteiger partial charge in [0, 0.05) is 6.92 Å². The van der Waals surface area contributed by atoms with Crippen LogP contribution in [0.2, 0.25) is 0 Å². The maximum atomic E-state index is 13.8. The molecule has 496 valence electrons. The summed E-state index contributed by atoms with van der Waals surface area (Å²) in [6.07, 6.45) is 7.87. The van der Waals surface area contributed by atoms with E-state index in [1.54, 1.807) is 0 Å². The lowest BCUT2D eigenvalue weighted by Gasteiger charge is -2.49. The van der Waals surface area contributed by atoms with E-state index >= 15 is 0 Å². The third-order valence-corrected chi connectivity index (χ3v) is 17.0. The molecule has 2 amide bonds. The molecular formula is C62H118N2O20. The van der Waals surface area contributed by atoms with Crippen LogP contribution in [0.5, 0.6) is 0 Å². The van der Waals surface area contributed by atoms with Gasteiger partial charge in [-0.15, -0.1) is 0 Å². The van der Waals surface area contributed by atoms with Gasteiger partial charge < -0.3 is 100 Å². The van der Waals surface area contributed by atoms with Crippen molar-refractivity contribution in [2.24, 2.45) is 0 Å². The fourth-order valence-electron chi connectivity index (χ4n) is 11.6. The second kappa shape index (κ2) is 45.5. The third-order valence-electron chi connectivity index (χ3n) is 17.0. The van der Waals surface area contributed by atoms with Gasteiger partial charge in [-0.1, -0.05) is 219 Å². The highest BCUT2D eigenvalue weighted by atomic mass is 16.8. The monoisotopic (exact) mass is 1210 g/mol. The van der Waals surface area contributed by atoms with Crippen LogP contribution in [0.25, 0.3) is 0 Å². The van der Waals surface area contributed by atoms with E-state index in [-0.39, 0.29) is 12.8 Å². The standard InChI is InChI=1S/C62H118N2O20/c1-4-6-8-10-12-14-16-17-18-19-20-21-22-23-24-25-27-29-31-33-35-37-45(70)59(78)64-43(50(71)44(69)36-34-32-30-28-26-15-13-11-9-7-5-2)41-79-62-58(84-61-56(77)55(76)52(73)47(39-66)81-61)57(53(74)48(40-67)82-62)83-60-49(63-42(3)68)54(75)51(72)46(38-65)80-60/h43-58,60-62,65-67,69-77H,4-41H2,1-3H3,(H,63,68)(H,64,78)/t43-,44+,45+,46+,47+,48+,49+,50-,51-,52+,53-,54+,55-,56+,57-,58+,60+,61+,62-/m0/s1. The van der Waals surface area contributed by atoms with E-state index in [1.807, 2.05) is 0 Å². The van der Waals surface area contributed by atoms with E-state index < -0.39 is 155 Å². The molecule has 3 saturated heterocycles. The molecule has 0 aromatic heterocycles. The molecule has 84 heavy (non-hydrogen) atoms. The summed E-state index contributed by atoms with van der Waals surface area (Å²) in [5.41, 5.74) is 0. The molecule has 0 unspecified atom stereocenters. The molecule has 0 aromatic rings. The van der Waals surface area contributed by atoms with Crippen LogP contribution >= 0.6 is 0 Å². The van der Waals surface area contributed by atoms with Gasteiger partial charge in [0.2, 0.25) is 11.8 Å². The predicted octanol–water partition coefficient (Wildman–Crippen LogP) is 4.47. The summed E-state index contributed by atoms with van der Waals surface area (Å²) in [7, 11) is 0. The first kappa shape index (κ1) is 76.5.